The standard InChI is InChI=1S/C22H23FN6O4/c1-32-15-7-8-17(19(13-15)33-2)26-21-20(29(30)31)22(25-14-24-21)28-11-9-27(10-12-28)18-6-4-3-5-16(18)23/h3-8,13-14H,9-12H2,1-2H3,(H,24,25,26). The van der Waals surface area contributed by atoms with Gasteiger partial charge in [-0.2, -0.15) is 0 Å². The van der Waals surface area contributed by atoms with Crippen molar-refractivity contribution in [2.45, 2.75) is 0 Å². The first kappa shape index (κ1) is 22.1. The number of methoxy groups -OCH3 is 2. The van der Waals surface area contributed by atoms with Crippen molar-refractivity contribution < 1.29 is 18.8 Å². The molecule has 11 heteroatoms. The van der Waals surface area contributed by atoms with E-state index in [9.17, 15) is 14.5 Å². The smallest absolute Gasteiger partial charge is 0.353 e. The number of ether oxygens (including phenoxy) is 2. The van der Waals surface area contributed by atoms with Crippen LogP contribution >= 0.6 is 0 Å². The molecule has 0 spiro atoms. The Kier molecular flexibility index (Phi) is 6.38. The maximum atomic E-state index is 14.1. The summed E-state index contributed by atoms with van der Waals surface area (Å²) in [7, 11) is 3.03. The van der Waals surface area contributed by atoms with E-state index in [-0.39, 0.29) is 23.1 Å². The van der Waals surface area contributed by atoms with Crippen LogP contribution in [0.4, 0.5) is 33.1 Å². The van der Waals surface area contributed by atoms with Crippen LogP contribution in [0.3, 0.4) is 0 Å². The second-order valence-corrected chi connectivity index (χ2v) is 7.27. The van der Waals surface area contributed by atoms with Gasteiger partial charge in [0.25, 0.3) is 0 Å². The van der Waals surface area contributed by atoms with Crippen molar-refractivity contribution in [3.05, 3.63) is 64.7 Å². The van der Waals surface area contributed by atoms with E-state index in [1.54, 1.807) is 36.4 Å². The average Bonchev–Trinajstić information content (AvgIpc) is 2.84. The van der Waals surface area contributed by atoms with Crippen molar-refractivity contribution >= 4 is 28.7 Å². The van der Waals surface area contributed by atoms with Crippen LogP contribution < -0.4 is 24.6 Å². The molecule has 0 radical (unpaired) electrons. The van der Waals surface area contributed by atoms with E-state index in [1.807, 2.05) is 9.80 Å². The third-order valence-corrected chi connectivity index (χ3v) is 5.42. The van der Waals surface area contributed by atoms with Crippen molar-refractivity contribution in [2.75, 3.05) is 55.5 Å². The first-order chi connectivity index (χ1) is 16.0. The number of hydrogen-bond acceptors (Lipinski definition) is 9. The minimum Gasteiger partial charge on any atom is -0.497 e. The number of halogens is 1. The molecule has 4 rings (SSSR count). The highest BCUT2D eigenvalue weighted by Crippen LogP contribution is 2.37. The monoisotopic (exact) mass is 454 g/mol. The molecule has 1 N–H and O–H groups in total. The molecule has 1 aromatic heterocycles. The zero-order valence-corrected chi connectivity index (χ0v) is 18.2. The summed E-state index contributed by atoms with van der Waals surface area (Å²) >= 11 is 0. The number of benzene rings is 2. The largest absolute Gasteiger partial charge is 0.497 e. The molecule has 1 saturated heterocycles. The molecule has 33 heavy (non-hydrogen) atoms. The normalized spacial score (nSPS) is 13.5. The summed E-state index contributed by atoms with van der Waals surface area (Å²) in [5, 5.41) is 15.0. The number of nitrogens with zero attached hydrogens (tertiary/aromatic N) is 5. The summed E-state index contributed by atoms with van der Waals surface area (Å²) in [6.45, 7) is 1.88. The van der Waals surface area contributed by atoms with Crippen LogP contribution in [0.5, 0.6) is 11.5 Å². The summed E-state index contributed by atoms with van der Waals surface area (Å²) in [6.07, 6.45) is 1.28. The van der Waals surface area contributed by atoms with Gasteiger partial charge in [-0.15, -0.1) is 0 Å². The zero-order valence-electron chi connectivity index (χ0n) is 18.2. The van der Waals surface area contributed by atoms with E-state index in [2.05, 4.69) is 15.3 Å². The number of rotatable bonds is 7. The second kappa shape index (κ2) is 9.55. The van der Waals surface area contributed by atoms with Gasteiger partial charge >= 0.3 is 5.69 Å². The molecule has 172 valence electrons. The van der Waals surface area contributed by atoms with Gasteiger partial charge in [0, 0.05) is 32.2 Å². The van der Waals surface area contributed by atoms with Gasteiger partial charge < -0.3 is 24.6 Å². The molecular formula is C22H23FN6O4. The summed E-state index contributed by atoms with van der Waals surface area (Å²) in [4.78, 5) is 23.5. The Morgan fingerprint density at radius 2 is 1.76 bits per heavy atom. The number of aromatic nitrogens is 2. The molecule has 10 nitrogen and oxygen atoms in total. The Hall–Kier alpha value is -4.15. The van der Waals surface area contributed by atoms with Crippen molar-refractivity contribution in [1.82, 2.24) is 9.97 Å². The van der Waals surface area contributed by atoms with Gasteiger partial charge in [0.05, 0.1) is 30.5 Å². The highest BCUT2D eigenvalue weighted by Gasteiger charge is 2.30. The molecule has 0 atom stereocenters. The number of hydrogen-bond donors (Lipinski definition) is 1. The first-order valence-corrected chi connectivity index (χ1v) is 10.2. The lowest BCUT2D eigenvalue weighted by Gasteiger charge is -2.36. The molecule has 1 aliphatic rings. The Morgan fingerprint density at radius 1 is 1.03 bits per heavy atom. The highest BCUT2D eigenvalue weighted by molar-refractivity contribution is 5.77. The fourth-order valence-corrected chi connectivity index (χ4v) is 3.76. The lowest BCUT2D eigenvalue weighted by Crippen LogP contribution is -2.47. The fraction of sp³-hybridized carbons (Fsp3) is 0.273. The molecule has 0 unspecified atom stereocenters. The molecule has 2 heterocycles. The Morgan fingerprint density at radius 3 is 2.42 bits per heavy atom. The van der Waals surface area contributed by atoms with E-state index in [0.29, 0.717) is 49.1 Å². The van der Waals surface area contributed by atoms with Crippen LogP contribution in [0, 0.1) is 15.9 Å². The highest BCUT2D eigenvalue weighted by atomic mass is 19.1. The Labute approximate surface area is 189 Å². The molecule has 2 aromatic carbocycles. The Balaban J connectivity index is 1.59. The van der Waals surface area contributed by atoms with Gasteiger partial charge in [-0.25, -0.2) is 14.4 Å². The van der Waals surface area contributed by atoms with Crippen molar-refractivity contribution in [1.29, 1.82) is 0 Å². The minimum atomic E-state index is -0.503. The van der Waals surface area contributed by atoms with Crippen LogP contribution in [0.25, 0.3) is 0 Å². The molecule has 0 amide bonds. The van der Waals surface area contributed by atoms with E-state index >= 15 is 0 Å². The number of para-hydroxylation sites is 1. The van der Waals surface area contributed by atoms with Crippen LogP contribution in [-0.4, -0.2) is 55.3 Å². The van der Waals surface area contributed by atoms with E-state index in [4.69, 9.17) is 9.47 Å². The summed E-state index contributed by atoms with van der Waals surface area (Å²) < 4.78 is 24.7. The maximum Gasteiger partial charge on any atom is 0.353 e. The number of anilines is 4. The van der Waals surface area contributed by atoms with Crippen LogP contribution in [0.15, 0.2) is 48.8 Å². The number of nitro groups is 1. The van der Waals surface area contributed by atoms with Crippen molar-refractivity contribution in [3.63, 3.8) is 0 Å². The first-order valence-electron chi connectivity index (χ1n) is 10.2. The molecule has 0 bridgehead atoms. The predicted molar refractivity (Wildman–Crippen MR) is 122 cm³/mol. The van der Waals surface area contributed by atoms with Crippen LogP contribution in [0.2, 0.25) is 0 Å². The van der Waals surface area contributed by atoms with E-state index in [1.165, 1.54) is 26.6 Å². The number of nitrogens with one attached hydrogen (secondary N) is 1. The van der Waals surface area contributed by atoms with E-state index in [0.717, 1.165) is 0 Å². The quantitative estimate of drug-likeness (QED) is 0.423. The van der Waals surface area contributed by atoms with Crippen molar-refractivity contribution in [2.24, 2.45) is 0 Å². The van der Waals surface area contributed by atoms with Gasteiger partial charge in [0.15, 0.2) is 0 Å². The van der Waals surface area contributed by atoms with E-state index < -0.39 is 4.92 Å². The molecule has 3 aromatic rings. The van der Waals surface area contributed by atoms with Crippen LogP contribution in [0.1, 0.15) is 0 Å². The topological polar surface area (TPSA) is 106 Å². The third kappa shape index (κ3) is 4.56. The third-order valence-electron chi connectivity index (χ3n) is 5.42. The second-order valence-electron chi connectivity index (χ2n) is 7.27. The predicted octanol–water partition coefficient (Wildman–Crippen LogP) is 3.61. The molecule has 1 fully saturated rings. The lowest BCUT2D eigenvalue weighted by atomic mass is 10.2. The lowest BCUT2D eigenvalue weighted by molar-refractivity contribution is -0.383. The molecular weight excluding hydrogens is 431 g/mol. The molecule has 0 saturated carbocycles. The van der Waals surface area contributed by atoms with Crippen molar-refractivity contribution in [3.8, 4) is 11.5 Å². The van der Waals surface area contributed by atoms with Gasteiger partial charge in [-0.05, 0) is 24.3 Å². The minimum absolute atomic E-state index is 0.0463. The van der Waals surface area contributed by atoms with Gasteiger partial charge in [0.2, 0.25) is 11.6 Å². The molecule has 0 aliphatic carbocycles. The summed E-state index contributed by atoms with van der Waals surface area (Å²) in [5.74, 6) is 0.993. The van der Waals surface area contributed by atoms with Crippen LogP contribution in [-0.2, 0) is 0 Å². The zero-order chi connectivity index (χ0) is 23.4. The average molecular weight is 454 g/mol. The summed E-state index contributed by atoms with van der Waals surface area (Å²) in [5.41, 5.74) is 0.772. The Bertz CT molecular complexity index is 1150. The molecule has 1 aliphatic heterocycles. The summed E-state index contributed by atoms with van der Waals surface area (Å²) in [6, 6.07) is 11.6. The fourth-order valence-electron chi connectivity index (χ4n) is 3.76. The van der Waals surface area contributed by atoms with Gasteiger partial charge in [-0.1, -0.05) is 12.1 Å². The SMILES string of the molecule is COc1ccc(Nc2ncnc(N3CCN(c4ccccc4F)CC3)c2[N+](=O)[O-])c(OC)c1. The number of piperazine rings is 1. The van der Waals surface area contributed by atoms with Gasteiger partial charge in [-0.3, -0.25) is 10.1 Å². The maximum absolute atomic E-state index is 14.1. The van der Waals surface area contributed by atoms with Gasteiger partial charge in [0.1, 0.15) is 23.6 Å².